The first-order valence-corrected chi connectivity index (χ1v) is 7.46. The van der Waals surface area contributed by atoms with Crippen LogP contribution < -0.4 is 4.74 Å². The van der Waals surface area contributed by atoms with Crippen molar-refractivity contribution in [1.82, 2.24) is 9.88 Å². The van der Waals surface area contributed by atoms with Gasteiger partial charge in [0.05, 0.1) is 31.4 Å². The van der Waals surface area contributed by atoms with Crippen LogP contribution in [0.3, 0.4) is 0 Å². The second-order valence-corrected chi connectivity index (χ2v) is 5.71. The number of pyridine rings is 1. The van der Waals surface area contributed by atoms with Crippen molar-refractivity contribution < 1.29 is 14.3 Å². The zero-order valence-corrected chi connectivity index (χ0v) is 13.1. The van der Waals surface area contributed by atoms with Gasteiger partial charge in [-0.25, -0.2) is 4.98 Å². The lowest BCUT2D eigenvalue weighted by Gasteiger charge is -2.36. The summed E-state index contributed by atoms with van der Waals surface area (Å²) in [6.07, 6.45) is 0.0601. The van der Waals surface area contributed by atoms with E-state index >= 15 is 0 Å². The quantitative estimate of drug-likeness (QED) is 0.855. The first kappa shape index (κ1) is 14.8. The van der Waals surface area contributed by atoms with Crippen LogP contribution in [0, 0.1) is 0 Å². The first-order valence-electron chi connectivity index (χ1n) is 7.46. The minimum atomic E-state index is -0.0413. The summed E-state index contributed by atoms with van der Waals surface area (Å²) in [7, 11) is 1.63. The van der Waals surface area contributed by atoms with Gasteiger partial charge in [0.15, 0.2) is 0 Å². The Bertz CT molecular complexity index is 701. The number of carbonyl (C=O) groups is 1. The fourth-order valence-electron chi connectivity index (χ4n) is 2.68. The number of methoxy groups -OCH3 is 1. The average molecular weight is 300 g/mol. The van der Waals surface area contributed by atoms with E-state index in [1.54, 1.807) is 13.2 Å². The van der Waals surface area contributed by atoms with Crippen LogP contribution in [0.5, 0.6) is 5.75 Å². The van der Waals surface area contributed by atoms with Gasteiger partial charge in [-0.3, -0.25) is 4.79 Å². The molecule has 0 saturated carbocycles. The highest BCUT2D eigenvalue weighted by atomic mass is 16.5. The zero-order valence-electron chi connectivity index (χ0n) is 13.1. The van der Waals surface area contributed by atoms with Gasteiger partial charge in [-0.05, 0) is 38.1 Å². The molecule has 0 radical (unpaired) electrons. The molecule has 3 rings (SSSR count). The summed E-state index contributed by atoms with van der Waals surface area (Å²) < 4.78 is 10.8. The maximum Gasteiger partial charge on any atom is 0.272 e. The molecule has 2 aromatic rings. The van der Waals surface area contributed by atoms with E-state index in [4.69, 9.17) is 9.47 Å². The largest absolute Gasteiger partial charge is 0.497 e. The summed E-state index contributed by atoms with van der Waals surface area (Å²) >= 11 is 0. The summed E-state index contributed by atoms with van der Waals surface area (Å²) in [5.41, 5.74) is 1.26. The molecule has 1 aliphatic heterocycles. The number of benzene rings is 1. The van der Waals surface area contributed by atoms with Crippen LogP contribution in [0.4, 0.5) is 0 Å². The second-order valence-electron chi connectivity index (χ2n) is 5.71. The molecule has 2 heterocycles. The van der Waals surface area contributed by atoms with Crippen LogP contribution in [0.15, 0.2) is 30.3 Å². The van der Waals surface area contributed by atoms with Crippen molar-refractivity contribution in [3.63, 3.8) is 0 Å². The highest BCUT2D eigenvalue weighted by Gasteiger charge is 2.28. The second kappa shape index (κ2) is 5.93. The molecule has 1 saturated heterocycles. The van der Waals surface area contributed by atoms with Gasteiger partial charge in [-0.1, -0.05) is 6.07 Å². The number of hydrogen-bond donors (Lipinski definition) is 0. The normalized spacial score (nSPS) is 21.9. The molecule has 1 amide bonds. The molecule has 2 atom stereocenters. The number of amides is 1. The lowest BCUT2D eigenvalue weighted by molar-refractivity contribution is -0.0388. The van der Waals surface area contributed by atoms with Crippen LogP contribution in [-0.2, 0) is 4.74 Å². The summed E-state index contributed by atoms with van der Waals surface area (Å²) in [4.78, 5) is 19.0. The molecule has 5 heteroatoms. The van der Waals surface area contributed by atoms with E-state index in [9.17, 15) is 4.79 Å². The number of aromatic nitrogens is 1. The van der Waals surface area contributed by atoms with Gasteiger partial charge < -0.3 is 14.4 Å². The molecule has 2 unspecified atom stereocenters. The molecule has 1 aromatic carbocycles. The Morgan fingerprint density at radius 3 is 2.91 bits per heavy atom. The topological polar surface area (TPSA) is 51.7 Å². The van der Waals surface area contributed by atoms with Crippen molar-refractivity contribution in [3.05, 3.63) is 36.0 Å². The summed E-state index contributed by atoms with van der Waals surface area (Å²) in [5, 5.41) is 0.958. The van der Waals surface area contributed by atoms with Crippen LogP contribution in [-0.4, -0.2) is 48.2 Å². The van der Waals surface area contributed by atoms with E-state index in [1.807, 2.05) is 43.0 Å². The SMILES string of the molecule is COc1ccc2nc(C(=O)N3CC(C)OCC3C)ccc2c1. The summed E-state index contributed by atoms with van der Waals surface area (Å²) in [6, 6.07) is 9.39. The molecule has 0 aliphatic carbocycles. The Hall–Kier alpha value is -2.14. The molecule has 22 heavy (non-hydrogen) atoms. The Morgan fingerprint density at radius 1 is 1.32 bits per heavy atom. The number of morpholine rings is 1. The summed E-state index contributed by atoms with van der Waals surface area (Å²) in [5.74, 6) is 0.740. The minimum Gasteiger partial charge on any atom is -0.497 e. The third-order valence-corrected chi connectivity index (χ3v) is 3.98. The Labute approximate surface area is 129 Å². The average Bonchev–Trinajstić information content (AvgIpc) is 2.55. The lowest BCUT2D eigenvalue weighted by Crippen LogP contribution is -2.50. The molecule has 5 nitrogen and oxygen atoms in total. The van der Waals surface area contributed by atoms with Gasteiger partial charge in [-0.2, -0.15) is 0 Å². The third kappa shape index (κ3) is 2.76. The van der Waals surface area contributed by atoms with E-state index in [1.165, 1.54) is 0 Å². The van der Waals surface area contributed by atoms with Gasteiger partial charge in [0, 0.05) is 11.9 Å². The monoisotopic (exact) mass is 300 g/mol. The van der Waals surface area contributed by atoms with E-state index in [2.05, 4.69) is 4.98 Å². The van der Waals surface area contributed by atoms with Gasteiger partial charge in [0.2, 0.25) is 0 Å². The number of ether oxygens (including phenoxy) is 2. The Morgan fingerprint density at radius 2 is 2.14 bits per heavy atom. The van der Waals surface area contributed by atoms with Crippen LogP contribution in [0.25, 0.3) is 10.9 Å². The third-order valence-electron chi connectivity index (χ3n) is 3.98. The molecular weight excluding hydrogens is 280 g/mol. The minimum absolute atomic E-state index is 0.0413. The lowest BCUT2D eigenvalue weighted by atomic mass is 10.1. The van der Waals surface area contributed by atoms with Crippen molar-refractivity contribution >= 4 is 16.8 Å². The van der Waals surface area contributed by atoms with E-state index in [-0.39, 0.29) is 18.1 Å². The number of carbonyl (C=O) groups excluding carboxylic acids is 1. The molecule has 1 aliphatic rings. The smallest absolute Gasteiger partial charge is 0.272 e. The fourth-order valence-corrected chi connectivity index (χ4v) is 2.68. The number of fused-ring (bicyclic) bond motifs is 1. The summed E-state index contributed by atoms with van der Waals surface area (Å²) in [6.45, 7) is 5.14. The van der Waals surface area contributed by atoms with Gasteiger partial charge in [0.25, 0.3) is 5.91 Å². The van der Waals surface area contributed by atoms with Crippen LogP contribution >= 0.6 is 0 Å². The molecule has 0 spiro atoms. The number of rotatable bonds is 2. The standard InChI is InChI=1S/C17H20N2O3/c1-11-10-22-12(2)9-19(11)17(20)16-6-4-13-8-14(21-3)5-7-15(13)18-16/h4-8,11-12H,9-10H2,1-3H3. The van der Waals surface area contributed by atoms with E-state index < -0.39 is 0 Å². The van der Waals surface area contributed by atoms with Crippen molar-refractivity contribution in [1.29, 1.82) is 0 Å². The van der Waals surface area contributed by atoms with Gasteiger partial charge in [0.1, 0.15) is 11.4 Å². The molecule has 116 valence electrons. The van der Waals surface area contributed by atoms with Crippen molar-refractivity contribution in [2.24, 2.45) is 0 Å². The Kier molecular flexibility index (Phi) is 3.98. The van der Waals surface area contributed by atoms with Crippen molar-refractivity contribution in [2.45, 2.75) is 26.0 Å². The van der Waals surface area contributed by atoms with Crippen molar-refractivity contribution in [2.75, 3.05) is 20.3 Å². The number of hydrogen-bond acceptors (Lipinski definition) is 4. The molecular formula is C17H20N2O3. The molecule has 0 bridgehead atoms. The predicted octanol–water partition coefficient (Wildman–Crippen LogP) is 2.49. The van der Waals surface area contributed by atoms with E-state index in [0.29, 0.717) is 18.8 Å². The maximum atomic E-state index is 12.7. The van der Waals surface area contributed by atoms with Crippen molar-refractivity contribution in [3.8, 4) is 5.75 Å². The molecule has 1 aromatic heterocycles. The van der Waals surface area contributed by atoms with Gasteiger partial charge in [-0.15, -0.1) is 0 Å². The maximum absolute atomic E-state index is 12.7. The predicted molar refractivity (Wildman–Crippen MR) is 84.2 cm³/mol. The number of nitrogens with zero attached hydrogens (tertiary/aromatic N) is 2. The highest BCUT2D eigenvalue weighted by molar-refractivity contribution is 5.95. The van der Waals surface area contributed by atoms with Crippen LogP contribution in [0.1, 0.15) is 24.3 Å². The van der Waals surface area contributed by atoms with E-state index in [0.717, 1.165) is 16.7 Å². The highest BCUT2D eigenvalue weighted by Crippen LogP contribution is 2.21. The zero-order chi connectivity index (χ0) is 15.7. The van der Waals surface area contributed by atoms with Gasteiger partial charge >= 0.3 is 0 Å². The molecule has 0 N–H and O–H groups in total. The Balaban J connectivity index is 1.90. The van der Waals surface area contributed by atoms with Crippen LogP contribution in [0.2, 0.25) is 0 Å². The first-order chi connectivity index (χ1) is 10.6. The molecule has 1 fully saturated rings. The fraction of sp³-hybridized carbons (Fsp3) is 0.412.